The molecule has 3 aromatic rings. The molecule has 1 aromatic carbocycles. The van der Waals surface area contributed by atoms with Crippen molar-refractivity contribution in [2.24, 2.45) is 0 Å². The van der Waals surface area contributed by atoms with Gasteiger partial charge in [0.05, 0.1) is 11.7 Å². The molecule has 0 aliphatic carbocycles. The fourth-order valence-corrected chi connectivity index (χ4v) is 3.43. The predicted molar refractivity (Wildman–Crippen MR) is 108 cm³/mol. The maximum absolute atomic E-state index is 12.6. The molecule has 146 valence electrons. The fourth-order valence-electron chi connectivity index (χ4n) is 3.43. The van der Waals surface area contributed by atoms with Crippen LogP contribution in [0.2, 0.25) is 0 Å². The SMILES string of the molecule is CC(C)(C)n1ncc2c(=O)[nH]c(N3CCN(C(=O)c4ccccc4)CC3)nc21. The molecule has 1 saturated heterocycles. The zero-order valence-electron chi connectivity index (χ0n) is 16.3. The summed E-state index contributed by atoms with van der Waals surface area (Å²) in [6.07, 6.45) is 1.56. The largest absolute Gasteiger partial charge is 0.339 e. The van der Waals surface area contributed by atoms with Gasteiger partial charge in [0, 0.05) is 31.7 Å². The van der Waals surface area contributed by atoms with Crippen molar-refractivity contribution in [3.63, 3.8) is 0 Å². The Kier molecular flexibility index (Phi) is 4.41. The summed E-state index contributed by atoms with van der Waals surface area (Å²) in [5.41, 5.74) is 0.797. The van der Waals surface area contributed by atoms with Crippen molar-refractivity contribution < 1.29 is 4.79 Å². The first kappa shape index (κ1) is 18.2. The molecule has 3 heterocycles. The molecule has 0 saturated carbocycles. The van der Waals surface area contributed by atoms with Gasteiger partial charge in [-0.15, -0.1) is 0 Å². The van der Waals surface area contributed by atoms with Gasteiger partial charge in [0.15, 0.2) is 5.65 Å². The van der Waals surface area contributed by atoms with E-state index in [1.807, 2.05) is 60.9 Å². The van der Waals surface area contributed by atoms with E-state index in [9.17, 15) is 9.59 Å². The summed E-state index contributed by atoms with van der Waals surface area (Å²) in [4.78, 5) is 36.5. The second-order valence-electron chi connectivity index (χ2n) is 8.00. The first-order valence-corrected chi connectivity index (χ1v) is 9.42. The first-order valence-electron chi connectivity index (χ1n) is 9.42. The number of fused-ring (bicyclic) bond motifs is 1. The van der Waals surface area contributed by atoms with Crippen LogP contribution in [0.3, 0.4) is 0 Å². The number of nitrogens with one attached hydrogen (secondary N) is 1. The van der Waals surface area contributed by atoms with Gasteiger partial charge in [-0.1, -0.05) is 18.2 Å². The molecule has 1 fully saturated rings. The van der Waals surface area contributed by atoms with Crippen molar-refractivity contribution >= 4 is 22.9 Å². The van der Waals surface area contributed by atoms with Crippen LogP contribution in [0.25, 0.3) is 11.0 Å². The number of benzene rings is 1. The summed E-state index contributed by atoms with van der Waals surface area (Å²) in [7, 11) is 0. The first-order chi connectivity index (χ1) is 13.3. The quantitative estimate of drug-likeness (QED) is 0.733. The van der Waals surface area contributed by atoms with Gasteiger partial charge in [0.25, 0.3) is 11.5 Å². The van der Waals surface area contributed by atoms with Crippen molar-refractivity contribution in [1.29, 1.82) is 0 Å². The zero-order valence-corrected chi connectivity index (χ0v) is 16.3. The highest BCUT2D eigenvalue weighted by Gasteiger charge is 2.25. The normalized spacial score (nSPS) is 15.2. The Bertz CT molecular complexity index is 1060. The van der Waals surface area contributed by atoms with Gasteiger partial charge in [-0.05, 0) is 32.9 Å². The fraction of sp³-hybridized carbons (Fsp3) is 0.400. The molecule has 1 amide bonds. The third-order valence-electron chi connectivity index (χ3n) is 4.95. The van der Waals surface area contributed by atoms with Crippen molar-refractivity contribution in [3.05, 3.63) is 52.4 Å². The van der Waals surface area contributed by atoms with Gasteiger partial charge < -0.3 is 9.80 Å². The maximum atomic E-state index is 12.6. The number of piperazine rings is 1. The topological polar surface area (TPSA) is 87.1 Å². The van der Waals surface area contributed by atoms with Crippen LogP contribution >= 0.6 is 0 Å². The minimum absolute atomic E-state index is 0.0305. The number of hydrogen-bond donors (Lipinski definition) is 1. The highest BCUT2D eigenvalue weighted by atomic mass is 16.2. The number of anilines is 1. The number of nitrogens with zero attached hydrogens (tertiary/aromatic N) is 5. The Hall–Kier alpha value is -3.16. The van der Waals surface area contributed by atoms with E-state index in [-0.39, 0.29) is 17.0 Å². The van der Waals surface area contributed by atoms with Crippen molar-refractivity contribution in [1.82, 2.24) is 24.6 Å². The number of aromatic nitrogens is 4. The van der Waals surface area contributed by atoms with Crippen LogP contribution in [0.1, 0.15) is 31.1 Å². The van der Waals surface area contributed by atoms with Gasteiger partial charge in [0.1, 0.15) is 5.39 Å². The third-order valence-corrected chi connectivity index (χ3v) is 4.95. The molecule has 2 aromatic heterocycles. The highest BCUT2D eigenvalue weighted by molar-refractivity contribution is 5.94. The van der Waals surface area contributed by atoms with Crippen LogP contribution in [0.15, 0.2) is 41.3 Å². The van der Waals surface area contributed by atoms with Crippen LogP contribution in [0.4, 0.5) is 5.95 Å². The van der Waals surface area contributed by atoms with Crippen LogP contribution in [0.5, 0.6) is 0 Å². The van der Waals surface area contributed by atoms with Crippen molar-refractivity contribution in [3.8, 4) is 0 Å². The summed E-state index contributed by atoms with van der Waals surface area (Å²) in [5.74, 6) is 0.554. The molecule has 28 heavy (non-hydrogen) atoms. The number of carbonyl (C=O) groups excluding carboxylic acids is 1. The lowest BCUT2D eigenvalue weighted by Gasteiger charge is -2.35. The van der Waals surface area contributed by atoms with E-state index in [1.54, 1.807) is 10.9 Å². The average molecular weight is 380 g/mol. The standard InChI is InChI=1S/C20H24N6O2/c1-20(2,3)26-16-15(13-21-26)17(27)23-19(22-16)25-11-9-24(10-12-25)18(28)14-7-5-4-6-8-14/h4-8,13H,9-12H2,1-3H3,(H,22,23,27). The Morgan fingerprint density at radius 1 is 1.07 bits per heavy atom. The lowest BCUT2D eigenvalue weighted by Crippen LogP contribution is -2.49. The third kappa shape index (κ3) is 3.26. The highest BCUT2D eigenvalue weighted by Crippen LogP contribution is 2.20. The van der Waals surface area contributed by atoms with Crippen molar-refractivity contribution in [2.45, 2.75) is 26.3 Å². The average Bonchev–Trinajstić information content (AvgIpc) is 3.13. The predicted octanol–water partition coefficient (Wildman–Crippen LogP) is 1.84. The number of H-pyrrole nitrogens is 1. The van der Waals surface area contributed by atoms with E-state index in [2.05, 4.69) is 15.1 Å². The monoisotopic (exact) mass is 380 g/mol. The molecular weight excluding hydrogens is 356 g/mol. The molecule has 1 aliphatic rings. The lowest BCUT2D eigenvalue weighted by atomic mass is 10.1. The number of rotatable bonds is 2. The van der Waals surface area contributed by atoms with Crippen LogP contribution in [-0.2, 0) is 5.54 Å². The molecule has 4 rings (SSSR count). The van der Waals surface area contributed by atoms with Crippen LogP contribution in [0, 0.1) is 0 Å². The Balaban J connectivity index is 1.56. The Morgan fingerprint density at radius 3 is 2.39 bits per heavy atom. The molecule has 0 radical (unpaired) electrons. The van der Waals surface area contributed by atoms with Gasteiger partial charge in [-0.25, -0.2) is 4.68 Å². The van der Waals surface area contributed by atoms with Crippen molar-refractivity contribution in [2.75, 3.05) is 31.1 Å². The summed E-state index contributed by atoms with van der Waals surface area (Å²) >= 11 is 0. The van der Waals surface area contributed by atoms with Gasteiger partial charge >= 0.3 is 0 Å². The molecule has 0 atom stereocenters. The van der Waals surface area contributed by atoms with E-state index >= 15 is 0 Å². The van der Waals surface area contributed by atoms with E-state index in [0.717, 1.165) is 0 Å². The summed E-state index contributed by atoms with van der Waals surface area (Å²) in [6, 6.07) is 9.29. The summed E-state index contributed by atoms with van der Waals surface area (Å²) in [5, 5.41) is 4.83. The van der Waals surface area contributed by atoms with Crippen LogP contribution < -0.4 is 10.5 Å². The van der Waals surface area contributed by atoms with E-state index in [0.29, 0.717) is 48.7 Å². The minimum atomic E-state index is -0.277. The van der Waals surface area contributed by atoms with Gasteiger partial charge in [0.2, 0.25) is 5.95 Å². The van der Waals surface area contributed by atoms with Gasteiger partial charge in [-0.3, -0.25) is 14.6 Å². The Morgan fingerprint density at radius 2 is 1.75 bits per heavy atom. The lowest BCUT2D eigenvalue weighted by molar-refractivity contribution is 0.0746. The number of aromatic amines is 1. The zero-order chi connectivity index (χ0) is 19.9. The molecule has 1 aliphatic heterocycles. The van der Waals surface area contributed by atoms with E-state index in [4.69, 9.17) is 0 Å². The van der Waals surface area contributed by atoms with E-state index in [1.165, 1.54) is 0 Å². The second-order valence-corrected chi connectivity index (χ2v) is 8.00. The Labute approximate surface area is 162 Å². The molecular formula is C20H24N6O2. The number of hydrogen-bond acceptors (Lipinski definition) is 5. The van der Waals surface area contributed by atoms with E-state index < -0.39 is 0 Å². The maximum Gasteiger partial charge on any atom is 0.263 e. The van der Waals surface area contributed by atoms with Gasteiger partial charge in [-0.2, -0.15) is 10.1 Å². The molecule has 0 unspecified atom stereocenters. The minimum Gasteiger partial charge on any atom is -0.339 e. The smallest absolute Gasteiger partial charge is 0.263 e. The second kappa shape index (κ2) is 6.78. The summed E-state index contributed by atoms with van der Waals surface area (Å²) in [6.45, 7) is 8.44. The molecule has 1 N–H and O–H groups in total. The molecule has 8 heteroatoms. The summed E-state index contributed by atoms with van der Waals surface area (Å²) < 4.78 is 1.77. The molecule has 8 nitrogen and oxygen atoms in total. The molecule has 0 bridgehead atoms. The number of carbonyl (C=O) groups is 1. The molecule has 0 spiro atoms. The number of amides is 1. The van der Waals surface area contributed by atoms with Crippen LogP contribution in [-0.4, -0.2) is 56.7 Å².